The molecule has 0 saturated carbocycles. The molecule has 0 radical (unpaired) electrons. The highest BCUT2D eigenvalue weighted by molar-refractivity contribution is 9.10. The molecule has 0 fully saturated rings. The maximum atomic E-state index is 11.4. The zero-order chi connectivity index (χ0) is 11.4. The average Bonchev–Trinajstić information content (AvgIpc) is 2.20. The van der Waals surface area contributed by atoms with Crippen molar-refractivity contribution in [3.8, 4) is 0 Å². The van der Waals surface area contributed by atoms with Crippen molar-refractivity contribution in [3.05, 3.63) is 28.7 Å². The topological polar surface area (TPSA) is 52.6 Å². The number of hydroxylamine groups is 2. The van der Waals surface area contributed by atoms with Crippen LogP contribution in [0.2, 0.25) is 0 Å². The van der Waals surface area contributed by atoms with Gasteiger partial charge in [-0.2, -0.15) is 0 Å². The normalized spacial score (nSPS) is 10.2. The quantitative estimate of drug-likeness (QED) is 0.642. The molecule has 2 N–H and O–H groups in total. The third-order valence-electron chi connectivity index (χ3n) is 1.79. The molecule has 0 bridgehead atoms. The highest BCUT2D eigenvalue weighted by Gasteiger charge is 2.13. The van der Waals surface area contributed by atoms with Gasteiger partial charge in [-0.3, -0.25) is 5.21 Å². The molecule has 0 saturated heterocycles. The Morgan fingerprint density at radius 1 is 1.40 bits per heavy atom. The van der Waals surface area contributed by atoms with Crippen molar-refractivity contribution in [3.63, 3.8) is 0 Å². The number of carbonyl (C=O) groups excluding carboxylic acids is 1. The van der Waals surface area contributed by atoms with Crippen molar-refractivity contribution in [2.45, 2.75) is 19.9 Å². The molecule has 2 amide bonds. The first-order chi connectivity index (χ1) is 7.00. The molecule has 0 unspecified atom stereocenters. The molecule has 82 valence electrons. The van der Waals surface area contributed by atoms with E-state index >= 15 is 0 Å². The lowest BCUT2D eigenvalue weighted by Gasteiger charge is -2.19. The Bertz CT molecular complexity index is 338. The SMILES string of the molecule is CC(C)N(O)C(=O)Nc1ccc(Br)cc1. The van der Waals surface area contributed by atoms with Gasteiger partial charge >= 0.3 is 6.03 Å². The summed E-state index contributed by atoms with van der Waals surface area (Å²) in [5.41, 5.74) is 0.642. The number of rotatable bonds is 2. The predicted octanol–water partition coefficient (Wildman–Crippen LogP) is 3.08. The number of anilines is 1. The van der Waals surface area contributed by atoms with Crippen LogP contribution < -0.4 is 5.32 Å². The van der Waals surface area contributed by atoms with Gasteiger partial charge < -0.3 is 5.32 Å². The number of halogens is 1. The molecule has 0 aliphatic rings. The van der Waals surface area contributed by atoms with Crippen molar-refractivity contribution in [2.24, 2.45) is 0 Å². The lowest BCUT2D eigenvalue weighted by molar-refractivity contribution is -0.0622. The fraction of sp³-hybridized carbons (Fsp3) is 0.300. The Morgan fingerprint density at radius 3 is 2.40 bits per heavy atom. The summed E-state index contributed by atoms with van der Waals surface area (Å²) in [5, 5.41) is 12.5. The van der Waals surface area contributed by atoms with Crippen molar-refractivity contribution < 1.29 is 10.0 Å². The van der Waals surface area contributed by atoms with E-state index in [4.69, 9.17) is 0 Å². The molecule has 1 aromatic carbocycles. The lowest BCUT2D eigenvalue weighted by atomic mass is 10.3. The molecular formula is C10H13BrN2O2. The van der Waals surface area contributed by atoms with Crippen LogP contribution in [0.3, 0.4) is 0 Å². The Labute approximate surface area is 97.0 Å². The van der Waals surface area contributed by atoms with E-state index in [9.17, 15) is 10.0 Å². The van der Waals surface area contributed by atoms with Gasteiger partial charge in [-0.05, 0) is 38.1 Å². The van der Waals surface area contributed by atoms with Gasteiger partial charge in [-0.15, -0.1) is 0 Å². The van der Waals surface area contributed by atoms with Crippen LogP contribution in [0.5, 0.6) is 0 Å². The van der Waals surface area contributed by atoms with Crippen LogP contribution in [-0.4, -0.2) is 22.3 Å². The maximum absolute atomic E-state index is 11.4. The van der Waals surface area contributed by atoms with E-state index in [1.807, 2.05) is 12.1 Å². The first-order valence-electron chi connectivity index (χ1n) is 4.55. The second-order valence-electron chi connectivity index (χ2n) is 3.38. The molecule has 15 heavy (non-hydrogen) atoms. The van der Waals surface area contributed by atoms with Crippen molar-refractivity contribution >= 4 is 27.6 Å². The van der Waals surface area contributed by atoms with Crippen LogP contribution >= 0.6 is 15.9 Å². The summed E-state index contributed by atoms with van der Waals surface area (Å²) < 4.78 is 0.935. The Morgan fingerprint density at radius 2 is 1.93 bits per heavy atom. The second-order valence-corrected chi connectivity index (χ2v) is 4.29. The zero-order valence-electron chi connectivity index (χ0n) is 8.57. The average molecular weight is 273 g/mol. The number of carbonyl (C=O) groups is 1. The minimum Gasteiger partial charge on any atom is -0.306 e. The number of urea groups is 1. The van der Waals surface area contributed by atoms with Crippen LogP contribution in [-0.2, 0) is 0 Å². The Kier molecular flexibility index (Phi) is 4.11. The summed E-state index contributed by atoms with van der Waals surface area (Å²) in [6.07, 6.45) is 0. The van der Waals surface area contributed by atoms with Gasteiger partial charge in [-0.25, -0.2) is 9.86 Å². The van der Waals surface area contributed by atoms with Gasteiger partial charge in [0.2, 0.25) is 0 Å². The van der Waals surface area contributed by atoms with E-state index in [2.05, 4.69) is 21.2 Å². The first-order valence-corrected chi connectivity index (χ1v) is 5.34. The van der Waals surface area contributed by atoms with Crippen LogP contribution in [0, 0.1) is 0 Å². The van der Waals surface area contributed by atoms with Gasteiger partial charge in [0.05, 0.1) is 6.04 Å². The minimum atomic E-state index is -0.535. The van der Waals surface area contributed by atoms with E-state index in [0.717, 1.165) is 4.47 Å². The maximum Gasteiger partial charge on any atom is 0.345 e. The van der Waals surface area contributed by atoms with Crippen LogP contribution in [0.25, 0.3) is 0 Å². The number of hydrogen-bond acceptors (Lipinski definition) is 2. The molecule has 0 heterocycles. The van der Waals surface area contributed by atoms with Crippen LogP contribution in [0.4, 0.5) is 10.5 Å². The minimum absolute atomic E-state index is 0.250. The van der Waals surface area contributed by atoms with Crippen LogP contribution in [0.15, 0.2) is 28.7 Å². The number of nitrogens with zero attached hydrogens (tertiary/aromatic N) is 1. The van der Waals surface area contributed by atoms with Gasteiger partial charge in [-0.1, -0.05) is 15.9 Å². The predicted molar refractivity (Wildman–Crippen MR) is 61.9 cm³/mol. The molecule has 0 aromatic heterocycles. The summed E-state index contributed by atoms with van der Waals surface area (Å²) >= 11 is 3.29. The van der Waals surface area contributed by atoms with Crippen molar-refractivity contribution in [1.82, 2.24) is 5.06 Å². The summed E-state index contributed by atoms with van der Waals surface area (Å²) in [5.74, 6) is 0. The fourth-order valence-electron chi connectivity index (χ4n) is 0.948. The smallest absolute Gasteiger partial charge is 0.306 e. The summed E-state index contributed by atoms with van der Waals surface area (Å²) in [4.78, 5) is 11.4. The van der Waals surface area contributed by atoms with E-state index in [-0.39, 0.29) is 6.04 Å². The number of amides is 2. The van der Waals surface area contributed by atoms with Crippen molar-refractivity contribution in [2.75, 3.05) is 5.32 Å². The Hall–Kier alpha value is -1.07. The van der Waals surface area contributed by atoms with Gasteiger partial charge in [0, 0.05) is 10.2 Å². The van der Waals surface area contributed by atoms with E-state index < -0.39 is 6.03 Å². The largest absolute Gasteiger partial charge is 0.345 e. The molecule has 1 aromatic rings. The van der Waals surface area contributed by atoms with Gasteiger partial charge in [0.25, 0.3) is 0 Å². The molecule has 0 atom stereocenters. The zero-order valence-corrected chi connectivity index (χ0v) is 10.2. The van der Waals surface area contributed by atoms with E-state index in [0.29, 0.717) is 10.8 Å². The molecule has 4 nitrogen and oxygen atoms in total. The molecular weight excluding hydrogens is 260 g/mol. The summed E-state index contributed by atoms with van der Waals surface area (Å²) in [6.45, 7) is 3.45. The fourth-order valence-corrected chi connectivity index (χ4v) is 1.21. The monoisotopic (exact) mass is 272 g/mol. The molecule has 1 rings (SSSR count). The number of nitrogens with one attached hydrogen (secondary N) is 1. The molecule has 0 aliphatic carbocycles. The van der Waals surface area contributed by atoms with Gasteiger partial charge in [0.15, 0.2) is 0 Å². The van der Waals surface area contributed by atoms with E-state index in [1.54, 1.807) is 26.0 Å². The van der Waals surface area contributed by atoms with E-state index in [1.165, 1.54) is 0 Å². The third-order valence-corrected chi connectivity index (χ3v) is 2.32. The summed E-state index contributed by atoms with van der Waals surface area (Å²) in [6, 6.07) is 6.33. The lowest BCUT2D eigenvalue weighted by Crippen LogP contribution is -2.37. The highest BCUT2D eigenvalue weighted by Crippen LogP contribution is 2.14. The van der Waals surface area contributed by atoms with Crippen molar-refractivity contribution in [1.29, 1.82) is 0 Å². The standard InChI is InChI=1S/C10H13BrN2O2/c1-7(2)13(15)10(14)12-9-5-3-8(11)4-6-9/h3-7,15H,1-2H3,(H,12,14). The number of benzene rings is 1. The number of hydrogen-bond donors (Lipinski definition) is 2. The van der Waals surface area contributed by atoms with Gasteiger partial charge in [0.1, 0.15) is 0 Å². The Balaban J connectivity index is 2.62. The molecule has 0 spiro atoms. The third kappa shape index (κ3) is 3.53. The highest BCUT2D eigenvalue weighted by atomic mass is 79.9. The second kappa shape index (κ2) is 5.14. The first kappa shape index (κ1) is 12.0. The van der Waals surface area contributed by atoms with Crippen LogP contribution in [0.1, 0.15) is 13.8 Å². The summed E-state index contributed by atoms with van der Waals surface area (Å²) in [7, 11) is 0. The molecule has 0 aliphatic heterocycles. The molecule has 5 heteroatoms.